The van der Waals surface area contributed by atoms with E-state index < -0.39 is 42.6 Å². The highest BCUT2D eigenvalue weighted by molar-refractivity contribution is 9.10. The number of carbonyl (C=O) groups excluding carboxylic acids is 2. The predicted octanol–water partition coefficient (Wildman–Crippen LogP) is 3.98. The van der Waals surface area contributed by atoms with Gasteiger partial charge in [0.1, 0.15) is 31.0 Å². The van der Waals surface area contributed by atoms with Gasteiger partial charge in [0.05, 0.1) is 6.42 Å². The highest BCUT2D eigenvalue weighted by Crippen LogP contribution is 2.40. The zero-order valence-corrected chi connectivity index (χ0v) is 23.6. The number of esters is 1. The molecule has 8 nitrogen and oxygen atoms in total. The molecule has 0 radical (unpaired) electrons. The Morgan fingerprint density at radius 2 is 1.38 bits per heavy atom. The zero-order valence-electron chi connectivity index (χ0n) is 22.0. The lowest BCUT2D eigenvalue weighted by Gasteiger charge is -2.39. The van der Waals surface area contributed by atoms with E-state index in [9.17, 15) is 24.9 Å². The number of carbonyl (C=O) groups is 2. The summed E-state index contributed by atoms with van der Waals surface area (Å²) in [7, 11) is 1.30. The van der Waals surface area contributed by atoms with Crippen LogP contribution in [-0.2, 0) is 19.0 Å². The summed E-state index contributed by atoms with van der Waals surface area (Å²) in [6, 6.07) is 26.2. The van der Waals surface area contributed by atoms with Crippen molar-refractivity contribution in [2.75, 3.05) is 13.7 Å². The van der Waals surface area contributed by atoms with Crippen LogP contribution in [0.25, 0.3) is 0 Å². The molecule has 0 aromatic heterocycles. The molecule has 4 rings (SSSR count). The summed E-state index contributed by atoms with van der Waals surface area (Å²) in [6.07, 6.45) is -6.59. The summed E-state index contributed by atoms with van der Waals surface area (Å²) in [4.78, 5) is 26.6. The minimum absolute atomic E-state index is 0.0419. The smallest absolute Gasteiger partial charge is 0.306 e. The van der Waals surface area contributed by atoms with Crippen LogP contribution in [0.1, 0.15) is 46.2 Å². The second-order valence-electron chi connectivity index (χ2n) is 9.81. The normalized spacial score (nSPS) is 24.2. The molecule has 1 heterocycles. The largest absolute Gasteiger partial charge is 0.463 e. The summed E-state index contributed by atoms with van der Waals surface area (Å²) in [5, 5.41) is 30.5. The Kier molecular flexibility index (Phi) is 10.6. The van der Waals surface area contributed by atoms with Crippen LogP contribution in [0.3, 0.4) is 0 Å². The molecule has 9 heteroatoms. The SMILES string of the molecule is CO[C@H]1O[C@H](COC(=O)CC(c2ccccc2)C(CC(=O)c2ccccc2)c2ccc(Br)cc2)[C@@H](O)[C@H](O)[C@H]1O. The Morgan fingerprint density at radius 3 is 2.00 bits per heavy atom. The second-order valence-corrected chi connectivity index (χ2v) is 10.7. The molecule has 0 amide bonds. The van der Waals surface area contributed by atoms with Gasteiger partial charge in [-0.05, 0) is 29.2 Å². The van der Waals surface area contributed by atoms with Crippen molar-refractivity contribution >= 4 is 27.7 Å². The number of ketones is 1. The van der Waals surface area contributed by atoms with E-state index in [1.807, 2.05) is 72.8 Å². The first-order chi connectivity index (χ1) is 19.3. The Bertz CT molecular complexity index is 1240. The van der Waals surface area contributed by atoms with Crippen LogP contribution in [-0.4, -0.2) is 71.5 Å². The molecule has 3 aromatic carbocycles. The molecule has 1 aliphatic rings. The zero-order chi connectivity index (χ0) is 28.6. The lowest BCUT2D eigenvalue weighted by atomic mass is 9.76. The Morgan fingerprint density at radius 1 is 0.800 bits per heavy atom. The van der Waals surface area contributed by atoms with Gasteiger partial charge in [-0.3, -0.25) is 9.59 Å². The molecule has 0 spiro atoms. The number of aliphatic hydroxyl groups is 3. The highest BCUT2D eigenvalue weighted by atomic mass is 79.9. The van der Waals surface area contributed by atoms with E-state index in [0.29, 0.717) is 5.56 Å². The van der Waals surface area contributed by atoms with Crippen molar-refractivity contribution in [2.24, 2.45) is 0 Å². The fourth-order valence-electron chi connectivity index (χ4n) is 5.00. The topological polar surface area (TPSA) is 123 Å². The highest BCUT2D eigenvalue weighted by Gasteiger charge is 2.44. The van der Waals surface area contributed by atoms with Crippen LogP contribution in [0.5, 0.6) is 0 Å². The fourth-order valence-corrected chi connectivity index (χ4v) is 5.26. The molecule has 212 valence electrons. The van der Waals surface area contributed by atoms with Gasteiger partial charge in [-0.1, -0.05) is 88.7 Å². The third kappa shape index (κ3) is 7.42. The number of rotatable bonds is 11. The Balaban J connectivity index is 1.57. The van der Waals surface area contributed by atoms with Crippen LogP contribution in [0.4, 0.5) is 0 Å². The lowest BCUT2D eigenvalue weighted by molar-refractivity contribution is -0.295. The quantitative estimate of drug-likeness (QED) is 0.220. The lowest BCUT2D eigenvalue weighted by Crippen LogP contribution is -2.59. The Hall–Kier alpha value is -2.92. The number of hydrogen-bond donors (Lipinski definition) is 3. The molecule has 3 N–H and O–H groups in total. The maximum absolute atomic E-state index is 13.4. The second kappa shape index (κ2) is 14.1. The van der Waals surface area contributed by atoms with Crippen molar-refractivity contribution in [3.05, 3.63) is 106 Å². The van der Waals surface area contributed by atoms with E-state index in [1.165, 1.54) is 7.11 Å². The summed E-state index contributed by atoms with van der Waals surface area (Å²) in [5.74, 6) is -1.35. The number of aliphatic hydroxyl groups excluding tert-OH is 3. The van der Waals surface area contributed by atoms with E-state index in [-0.39, 0.29) is 31.1 Å². The average Bonchev–Trinajstić information content (AvgIpc) is 2.98. The Labute approximate surface area is 241 Å². The maximum atomic E-state index is 13.4. The van der Waals surface area contributed by atoms with E-state index in [2.05, 4.69) is 15.9 Å². The minimum Gasteiger partial charge on any atom is -0.463 e. The molecule has 1 aliphatic heterocycles. The minimum atomic E-state index is -1.52. The van der Waals surface area contributed by atoms with E-state index in [4.69, 9.17) is 14.2 Å². The summed E-state index contributed by atoms with van der Waals surface area (Å²) in [6.45, 7) is -0.350. The van der Waals surface area contributed by atoms with Gasteiger partial charge in [0, 0.05) is 29.5 Å². The number of hydrogen-bond acceptors (Lipinski definition) is 8. The van der Waals surface area contributed by atoms with Crippen molar-refractivity contribution in [2.45, 2.75) is 55.4 Å². The first-order valence-electron chi connectivity index (χ1n) is 13.0. The van der Waals surface area contributed by atoms with E-state index >= 15 is 0 Å². The van der Waals surface area contributed by atoms with Crippen molar-refractivity contribution in [1.82, 2.24) is 0 Å². The molecule has 1 fully saturated rings. The fraction of sp³-hybridized carbons (Fsp3) is 0.355. The van der Waals surface area contributed by atoms with Crippen molar-refractivity contribution < 1.29 is 39.1 Å². The molecule has 0 aliphatic carbocycles. The molecule has 40 heavy (non-hydrogen) atoms. The molecule has 1 saturated heterocycles. The third-order valence-electron chi connectivity index (χ3n) is 7.21. The summed E-state index contributed by atoms with van der Waals surface area (Å²) < 4.78 is 16.9. The molecule has 7 atom stereocenters. The van der Waals surface area contributed by atoms with Crippen LogP contribution >= 0.6 is 15.9 Å². The number of halogens is 1. The van der Waals surface area contributed by atoms with Gasteiger partial charge in [-0.2, -0.15) is 0 Å². The number of Topliss-reactive ketones (excluding diaryl/α,β-unsaturated/α-hetero) is 1. The summed E-state index contributed by atoms with van der Waals surface area (Å²) >= 11 is 3.47. The van der Waals surface area contributed by atoms with Crippen molar-refractivity contribution in [3.8, 4) is 0 Å². The van der Waals surface area contributed by atoms with Crippen LogP contribution in [0, 0.1) is 0 Å². The number of ether oxygens (including phenoxy) is 3. The van der Waals surface area contributed by atoms with Gasteiger partial charge >= 0.3 is 5.97 Å². The third-order valence-corrected chi connectivity index (χ3v) is 7.74. The molecule has 3 aromatic rings. The molecular formula is C31H33BrO8. The van der Waals surface area contributed by atoms with Crippen molar-refractivity contribution in [3.63, 3.8) is 0 Å². The monoisotopic (exact) mass is 612 g/mol. The van der Waals surface area contributed by atoms with Crippen LogP contribution in [0.15, 0.2) is 89.4 Å². The van der Waals surface area contributed by atoms with Gasteiger partial charge in [-0.15, -0.1) is 0 Å². The van der Waals surface area contributed by atoms with Gasteiger partial charge in [0.2, 0.25) is 0 Å². The van der Waals surface area contributed by atoms with Crippen LogP contribution < -0.4 is 0 Å². The van der Waals surface area contributed by atoms with E-state index in [0.717, 1.165) is 15.6 Å². The first-order valence-corrected chi connectivity index (χ1v) is 13.8. The molecule has 0 saturated carbocycles. The van der Waals surface area contributed by atoms with Crippen LogP contribution in [0.2, 0.25) is 0 Å². The number of benzene rings is 3. The van der Waals surface area contributed by atoms with Gasteiger partial charge in [0.25, 0.3) is 0 Å². The average molecular weight is 614 g/mol. The molecular weight excluding hydrogens is 580 g/mol. The van der Waals surface area contributed by atoms with Crippen molar-refractivity contribution in [1.29, 1.82) is 0 Å². The predicted molar refractivity (Wildman–Crippen MR) is 151 cm³/mol. The van der Waals surface area contributed by atoms with E-state index in [1.54, 1.807) is 12.1 Å². The molecule has 2 unspecified atom stereocenters. The van der Waals surface area contributed by atoms with Gasteiger partial charge < -0.3 is 29.5 Å². The van der Waals surface area contributed by atoms with Gasteiger partial charge in [-0.25, -0.2) is 0 Å². The number of methoxy groups -OCH3 is 1. The maximum Gasteiger partial charge on any atom is 0.306 e. The molecule has 0 bridgehead atoms. The first kappa shape index (κ1) is 30.0. The van der Waals surface area contributed by atoms with Gasteiger partial charge in [0.15, 0.2) is 12.1 Å². The standard InChI is InChI=1S/C31H33BrO8/c1-38-31-30(37)29(36)28(35)26(40-31)18-39-27(34)17-24(19-8-4-2-5-9-19)23(20-12-14-22(32)15-13-20)16-25(33)21-10-6-3-7-11-21/h2-15,23-24,26,28-31,35-37H,16-18H2,1H3/t23?,24?,26-,28-,29+,30-,31+/m1/s1. The summed E-state index contributed by atoms with van der Waals surface area (Å²) in [5.41, 5.74) is 2.37.